The van der Waals surface area contributed by atoms with Crippen molar-refractivity contribution in [2.75, 3.05) is 18.1 Å². The van der Waals surface area contributed by atoms with E-state index in [4.69, 9.17) is 0 Å². The van der Waals surface area contributed by atoms with Crippen molar-refractivity contribution < 1.29 is 19.8 Å². The quantitative estimate of drug-likeness (QED) is 0.176. The number of fused-ring (bicyclic) bond motifs is 2. The number of aliphatic hydroxyl groups is 2. The number of carbonyl (C=O) groups excluding carboxylic acids is 2. The number of anilines is 1. The molecule has 244 valence electrons. The Balaban J connectivity index is 1.20. The molecule has 4 aromatic carbocycles. The lowest BCUT2D eigenvalue weighted by Gasteiger charge is -2.28. The largest absolute Gasteiger partial charge is 0.395 e. The summed E-state index contributed by atoms with van der Waals surface area (Å²) in [6.07, 6.45) is 5.09. The molecule has 0 fully saturated rings. The third-order valence-corrected chi connectivity index (χ3v) is 9.26. The smallest absolute Gasteiger partial charge is 0.279 e. The van der Waals surface area contributed by atoms with Gasteiger partial charge in [-0.25, -0.2) is 0 Å². The Labute approximate surface area is 286 Å². The third kappa shape index (κ3) is 6.47. The van der Waals surface area contributed by atoms with E-state index in [1.165, 1.54) is 4.68 Å². The van der Waals surface area contributed by atoms with Gasteiger partial charge in [-0.05, 0) is 47.5 Å². The lowest BCUT2D eigenvalue weighted by Crippen LogP contribution is -2.44. The van der Waals surface area contributed by atoms with Crippen LogP contribution in [0.5, 0.6) is 0 Å². The average molecular weight is 708 g/mol. The van der Waals surface area contributed by atoms with Crippen LogP contribution in [0, 0.1) is 5.92 Å². The molecule has 0 saturated heterocycles. The van der Waals surface area contributed by atoms with E-state index in [-0.39, 0.29) is 37.6 Å². The number of hydrogen-bond donors (Lipinski definition) is 2. The van der Waals surface area contributed by atoms with Crippen LogP contribution in [0.25, 0.3) is 16.5 Å². The van der Waals surface area contributed by atoms with Gasteiger partial charge in [0, 0.05) is 40.9 Å². The zero-order chi connectivity index (χ0) is 33.8. The van der Waals surface area contributed by atoms with Crippen molar-refractivity contribution in [3.8, 4) is 5.69 Å². The van der Waals surface area contributed by atoms with Crippen LogP contribution in [0.1, 0.15) is 30.0 Å². The topological polar surface area (TPSA) is 116 Å². The van der Waals surface area contributed by atoms with Crippen LogP contribution < -0.4 is 10.5 Å². The van der Waals surface area contributed by atoms with E-state index in [0.29, 0.717) is 28.9 Å². The normalized spacial score (nSPS) is 16.4. The van der Waals surface area contributed by atoms with Crippen molar-refractivity contribution in [3.05, 3.63) is 147 Å². The Kier molecular flexibility index (Phi) is 9.68. The number of benzene rings is 4. The van der Waals surface area contributed by atoms with Gasteiger partial charge in [-0.2, -0.15) is 9.78 Å². The molecule has 0 bridgehead atoms. The maximum Gasteiger partial charge on any atom is 0.279 e. The highest BCUT2D eigenvalue weighted by Crippen LogP contribution is 2.46. The van der Waals surface area contributed by atoms with Crippen molar-refractivity contribution in [2.24, 2.45) is 5.92 Å². The van der Waals surface area contributed by atoms with Crippen molar-refractivity contribution in [3.63, 3.8) is 0 Å². The minimum absolute atomic E-state index is 0.0536. The molecule has 2 amide bonds. The van der Waals surface area contributed by atoms with Crippen LogP contribution in [0.3, 0.4) is 0 Å². The lowest BCUT2D eigenvalue weighted by molar-refractivity contribution is -0.139. The number of nitrogens with zero attached hydrogens (tertiary/aromatic N) is 4. The molecule has 2 atom stereocenters. The number of halogens is 1. The predicted molar refractivity (Wildman–Crippen MR) is 188 cm³/mol. The Hall–Kier alpha value is -4.90. The number of hydrogen-bond acceptors (Lipinski definition) is 6. The first kappa shape index (κ1) is 33.0. The summed E-state index contributed by atoms with van der Waals surface area (Å²) < 4.78 is 2.07. The van der Waals surface area contributed by atoms with Crippen molar-refractivity contribution in [2.45, 2.75) is 32.0 Å². The fraction of sp³-hybridized carbons (Fsp3) is 0.211. The SMILES string of the molecule is C[C@H](/C=C/CC(=O)N(CCO)Cc1ccccc1)[C@@]1(O)C(=O)N(Cc2ccc(-n3ncc4ccccc4c3=O)cc2)c2ccc(Br)cc21. The fourth-order valence-electron chi connectivity index (χ4n) is 6.13. The van der Waals surface area contributed by atoms with Gasteiger partial charge in [-0.15, -0.1) is 0 Å². The molecule has 0 unspecified atom stereocenters. The third-order valence-electron chi connectivity index (χ3n) is 8.76. The molecule has 1 aliphatic rings. The van der Waals surface area contributed by atoms with E-state index in [1.807, 2.05) is 66.7 Å². The van der Waals surface area contributed by atoms with E-state index in [2.05, 4.69) is 21.0 Å². The summed E-state index contributed by atoms with van der Waals surface area (Å²) >= 11 is 3.49. The van der Waals surface area contributed by atoms with E-state index in [0.717, 1.165) is 21.0 Å². The molecule has 2 N–H and O–H groups in total. The Bertz CT molecular complexity index is 2050. The summed E-state index contributed by atoms with van der Waals surface area (Å²) in [6.45, 7) is 2.37. The molecule has 2 heterocycles. The Morgan fingerprint density at radius 2 is 1.71 bits per heavy atom. The number of aromatic nitrogens is 2. The van der Waals surface area contributed by atoms with Crippen LogP contribution in [0.2, 0.25) is 0 Å². The number of aliphatic hydroxyl groups excluding tert-OH is 1. The maximum absolute atomic E-state index is 14.1. The summed E-state index contributed by atoms with van der Waals surface area (Å²) in [6, 6.07) is 29.5. The minimum atomic E-state index is -1.87. The van der Waals surface area contributed by atoms with Gasteiger partial charge >= 0.3 is 0 Å². The average Bonchev–Trinajstić information content (AvgIpc) is 3.31. The molecule has 0 aliphatic carbocycles. The zero-order valence-corrected chi connectivity index (χ0v) is 28.0. The number of rotatable bonds is 11. The van der Waals surface area contributed by atoms with Crippen LogP contribution >= 0.6 is 15.9 Å². The van der Waals surface area contributed by atoms with Gasteiger partial charge in [-0.3, -0.25) is 14.4 Å². The summed E-state index contributed by atoms with van der Waals surface area (Å²) in [5, 5.41) is 27.3. The van der Waals surface area contributed by atoms with E-state index < -0.39 is 17.4 Å². The van der Waals surface area contributed by atoms with Crippen LogP contribution in [0.15, 0.2) is 125 Å². The molecule has 9 nitrogen and oxygen atoms in total. The van der Waals surface area contributed by atoms with Gasteiger partial charge in [0.15, 0.2) is 5.60 Å². The number of amides is 2. The zero-order valence-electron chi connectivity index (χ0n) is 26.4. The molecular weight excluding hydrogens is 672 g/mol. The van der Waals surface area contributed by atoms with Crippen molar-refractivity contribution in [1.29, 1.82) is 0 Å². The van der Waals surface area contributed by atoms with E-state index in [9.17, 15) is 24.6 Å². The second-order valence-electron chi connectivity index (χ2n) is 11.9. The van der Waals surface area contributed by atoms with Crippen LogP contribution in [0.4, 0.5) is 5.69 Å². The van der Waals surface area contributed by atoms with Gasteiger partial charge in [0.25, 0.3) is 11.5 Å². The van der Waals surface area contributed by atoms with Crippen LogP contribution in [-0.2, 0) is 28.3 Å². The highest BCUT2D eigenvalue weighted by molar-refractivity contribution is 9.10. The maximum atomic E-state index is 14.1. The van der Waals surface area contributed by atoms with Gasteiger partial charge in [0.05, 0.1) is 36.1 Å². The summed E-state index contributed by atoms with van der Waals surface area (Å²) in [5.41, 5.74) is 1.33. The molecule has 1 aliphatic heterocycles. The Morgan fingerprint density at radius 3 is 2.46 bits per heavy atom. The number of carbonyl (C=O) groups is 2. The minimum Gasteiger partial charge on any atom is -0.395 e. The van der Waals surface area contributed by atoms with E-state index >= 15 is 0 Å². The van der Waals surface area contributed by atoms with Crippen LogP contribution in [-0.4, -0.2) is 49.9 Å². The highest BCUT2D eigenvalue weighted by Gasteiger charge is 2.52. The molecular formula is C38H35BrN4O5. The van der Waals surface area contributed by atoms with Gasteiger partial charge in [0.1, 0.15) is 0 Å². The van der Waals surface area contributed by atoms with Gasteiger partial charge in [-0.1, -0.05) is 95.7 Å². The first-order valence-electron chi connectivity index (χ1n) is 15.7. The highest BCUT2D eigenvalue weighted by atomic mass is 79.9. The first-order valence-corrected chi connectivity index (χ1v) is 16.5. The molecule has 6 rings (SSSR count). The Morgan fingerprint density at radius 1 is 0.979 bits per heavy atom. The first-order chi connectivity index (χ1) is 23.2. The molecule has 10 heteroatoms. The molecule has 5 aromatic rings. The molecule has 0 radical (unpaired) electrons. The predicted octanol–water partition coefficient (Wildman–Crippen LogP) is 5.49. The van der Waals surface area contributed by atoms with Crippen molar-refractivity contribution in [1.82, 2.24) is 14.7 Å². The summed E-state index contributed by atoms with van der Waals surface area (Å²) in [4.78, 5) is 43.3. The fourth-order valence-corrected chi connectivity index (χ4v) is 6.50. The molecule has 0 spiro atoms. The second kappa shape index (κ2) is 14.1. The monoisotopic (exact) mass is 706 g/mol. The molecule has 0 saturated carbocycles. The summed E-state index contributed by atoms with van der Waals surface area (Å²) in [5.74, 6) is -1.30. The molecule has 1 aromatic heterocycles. The van der Waals surface area contributed by atoms with Gasteiger partial charge < -0.3 is 20.0 Å². The summed E-state index contributed by atoms with van der Waals surface area (Å²) in [7, 11) is 0. The van der Waals surface area contributed by atoms with Crippen molar-refractivity contribution >= 4 is 44.2 Å². The standard InChI is InChI=1S/C38H35BrN4O5/c1-26(8-7-13-35(45)41(20-21-44)24-27-9-3-2-4-10-27)38(48)33-22-30(39)16-19-34(33)42(37(38)47)25-28-14-17-31(18-15-28)43-36(46)32-12-6-5-11-29(32)23-40-43/h2-12,14-19,22-23,26,44,48H,13,20-21,24-25H2,1H3/b8-7+/t26-,38+/m1/s1. The molecule has 48 heavy (non-hydrogen) atoms. The van der Waals surface area contributed by atoms with E-state index in [1.54, 1.807) is 65.4 Å². The second-order valence-corrected chi connectivity index (χ2v) is 12.8. The van der Waals surface area contributed by atoms with Gasteiger partial charge in [0.2, 0.25) is 5.91 Å². The lowest BCUT2D eigenvalue weighted by atomic mass is 9.83.